The number of hydrogen-bond donors (Lipinski definition) is 0. The van der Waals surface area contributed by atoms with Crippen LogP contribution in [0.15, 0.2) is 18.3 Å². The van der Waals surface area contributed by atoms with Crippen LogP contribution in [0.3, 0.4) is 0 Å². The third-order valence-electron chi connectivity index (χ3n) is 3.57. The molecule has 0 amide bonds. The molecule has 2 nitrogen and oxygen atoms in total. The van der Waals surface area contributed by atoms with Crippen LogP contribution in [0, 0.1) is 6.92 Å². The van der Waals surface area contributed by atoms with Crippen molar-refractivity contribution < 1.29 is 4.74 Å². The highest BCUT2D eigenvalue weighted by Gasteiger charge is 2.47. The van der Waals surface area contributed by atoms with E-state index in [1.807, 2.05) is 13.1 Å². The Morgan fingerprint density at radius 3 is 2.64 bits per heavy atom. The first-order valence-corrected chi connectivity index (χ1v) is 5.39. The maximum atomic E-state index is 6.05. The van der Waals surface area contributed by atoms with Gasteiger partial charge in [-0.1, -0.05) is 6.07 Å². The number of pyridine rings is 1. The second-order valence-corrected chi connectivity index (χ2v) is 4.50. The van der Waals surface area contributed by atoms with Crippen LogP contribution >= 0.6 is 0 Å². The molecule has 0 aromatic carbocycles. The van der Waals surface area contributed by atoms with Crippen molar-refractivity contribution in [2.24, 2.45) is 0 Å². The standard InChI is InChI=1S/C12H15NO/c1-9-2-3-10(8-13-9)12-6-4-11(14-12)5-7-12/h2-3,8,11H,4-7H2,1H3. The van der Waals surface area contributed by atoms with Gasteiger partial charge in [0, 0.05) is 17.5 Å². The van der Waals surface area contributed by atoms with Gasteiger partial charge in [0.25, 0.3) is 0 Å². The Kier molecular flexibility index (Phi) is 1.68. The lowest BCUT2D eigenvalue weighted by Crippen LogP contribution is -2.21. The maximum absolute atomic E-state index is 6.05. The Labute approximate surface area is 84.3 Å². The van der Waals surface area contributed by atoms with Gasteiger partial charge < -0.3 is 4.74 Å². The molecule has 0 unspecified atom stereocenters. The Hall–Kier alpha value is -0.890. The van der Waals surface area contributed by atoms with Crippen molar-refractivity contribution in [3.63, 3.8) is 0 Å². The minimum atomic E-state index is 0.0331. The average Bonchev–Trinajstić information content (AvgIpc) is 2.79. The first kappa shape index (κ1) is 8.42. The van der Waals surface area contributed by atoms with E-state index in [9.17, 15) is 0 Å². The third kappa shape index (κ3) is 1.10. The molecule has 2 aliphatic rings. The minimum Gasteiger partial charge on any atom is -0.367 e. The summed E-state index contributed by atoms with van der Waals surface area (Å²) in [6.07, 6.45) is 7.34. The van der Waals surface area contributed by atoms with Gasteiger partial charge in [-0.25, -0.2) is 0 Å². The van der Waals surface area contributed by atoms with Crippen LogP contribution < -0.4 is 0 Å². The largest absolute Gasteiger partial charge is 0.367 e. The number of aromatic nitrogens is 1. The zero-order valence-electron chi connectivity index (χ0n) is 8.49. The zero-order chi connectivity index (χ0) is 9.60. The molecule has 1 aromatic heterocycles. The second-order valence-electron chi connectivity index (χ2n) is 4.50. The average molecular weight is 189 g/mol. The molecule has 0 spiro atoms. The fraction of sp³-hybridized carbons (Fsp3) is 0.583. The first-order valence-electron chi connectivity index (χ1n) is 5.39. The van der Waals surface area contributed by atoms with Crippen molar-refractivity contribution in [2.75, 3.05) is 0 Å². The lowest BCUT2D eigenvalue weighted by atomic mass is 9.84. The van der Waals surface area contributed by atoms with E-state index in [1.165, 1.54) is 31.2 Å². The molecule has 2 fully saturated rings. The molecule has 2 heteroatoms. The first-order chi connectivity index (χ1) is 6.78. The van der Waals surface area contributed by atoms with Gasteiger partial charge in [-0.05, 0) is 38.7 Å². The smallest absolute Gasteiger partial charge is 0.0951 e. The summed E-state index contributed by atoms with van der Waals surface area (Å²) in [4.78, 5) is 4.36. The van der Waals surface area contributed by atoms with E-state index < -0.39 is 0 Å². The summed E-state index contributed by atoms with van der Waals surface area (Å²) < 4.78 is 6.05. The number of aryl methyl sites for hydroxylation is 1. The number of ether oxygens (including phenoxy) is 1. The Bertz CT molecular complexity index is 336. The highest BCUT2D eigenvalue weighted by atomic mass is 16.5. The van der Waals surface area contributed by atoms with Crippen LogP contribution in [0.4, 0.5) is 0 Å². The van der Waals surface area contributed by atoms with Gasteiger partial charge in [-0.2, -0.15) is 0 Å². The molecular weight excluding hydrogens is 174 g/mol. The zero-order valence-corrected chi connectivity index (χ0v) is 8.49. The quantitative estimate of drug-likeness (QED) is 0.677. The maximum Gasteiger partial charge on any atom is 0.0951 e. The Morgan fingerprint density at radius 2 is 2.14 bits per heavy atom. The van der Waals surface area contributed by atoms with E-state index in [-0.39, 0.29) is 5.60 Å². The van der Waals surface area contributed by atoms with Crippen molar-refractivity contribution in [3.05, 3.63) is 29.6 Å². The van der Waals surface area contributed by atoms with Crippen molar-refractivity contribution in [3.8, 4) is 0 Å². The summed E-state index contributed by atoms with van der Waals surface area (Å²) in [5.74, 6) is 0. The molecule has 3 heterocycles. The van der Waals surface area contributed by atoms with E-state index in [4.69, 9.17) is 4.74 Å². The summed E-state index contributed by atoms with van der Waals surface area (Å²) in [5.41, 5.74) is 2.39. The van der Waals surface area contributed by atoms with Gasteiger partial charge in [0.05, 0.1) is 11.7 Å². The van der Waals surface area contributed by atoms with Gasteiger partial charge >= 0.3 is 0 Å². The predicted molar refractivity (Wildman–Crippen MR) is 54.0 cm³/mol. The molecule has 3 rings (SSSR count). The Morgan fingerprint density at radius 1 is 1.36 bits per heavy atom. The van der Waals surface area contributed by atoms with Crippen LogP contribution in [0.25, 0.3) is 0 Å². The summed E-state index contributed by atoms with van der Waals surface area (Å²) in [6, 6.07) is 4.26. The lowest BCUT2D eigenvalue weighted by molar-refractivity contribution is 0.00978. The van der Waals surface area contributed by atoms with Crippen LogP contribution in [-0.4, -0.2) is 11.1 Å². The molecule has 0 saturated carbocycles. The monoisotopic (exact) mass is 189 g/mol. The fourth-order valence-corrected chi connectivity index (χ4v) is 2.71. The molecule has 2 bridgehead atoms. The molecular formula is C12H15NO. The van der Waals surface area contributed by atoms with Gasteiger partial charge in [-0.15, -0.1) is 0 Å². The van der Waals surface area contributed by atoms with Gasteiger partial charge in [-0.3, -0.25) is 4.98 Å². The highest BCUT2D eigenvalue weighted by Crippen LogP contribution is 2.49. The van der Waals surface area contributed by atoms with E-state index in [1.54, 1.807) is 0 Å². The van der Waals surface area contributed by atoms with E-state index in [0.29, 0.717) is 6.10 Å². The molecule has 74 valence electrons. The van der Waals surface area contributed by atoms with Crippen LogP contribution in [0.5, 0.6) is 0 Å². The van der Waals surface area contributed by atoms with E-state index >= 15 is 0 Å². The molecule has 0 radical (unpaired) electrons. The summed E-state index contributed by atoms with van der Waals surface area (Å²) >= 11 is 0. The SMILES string of the molecule is Cc1ccc(C23CCC(CC2)O3)cn1. The third-order valence-corrected chi connectivity index (χ3v) is 3.57. The van der Waals surface area contributed by atoms with E-state index in [2.05, 4.69) is 17.1 Å². The Balaban J connectivity index is 1.98. The van der Waals surface area contributed by atoms with Crippen LogP contribution in [0.2, 0.25) is 0 Å². The van der Waals surface area contributed by atoms with Crippen LogP contribution in [0.1, 0.15) is 36.9 Å². The summed E-state index contributed by atoms with van der Waals surface area (Å²) in [6.45, 7) is 2.02. The summed E-state index contributed by atoms with van der Waals surface area (Å²) in [7, 11) is 0. The highest BCUT2D eigenvalue weighted by molar-refractivity contribution is 5.23. The molecule has 1 aromatic rings. The topological polar surface area (TPSA) is 22.1 Å². The second kappa shape index (κ2) is 2.80. The molecule has 0 N–H and O–H groups in total. The van der Waals surface area contributed by atoms with Gasteiger partial charge in [0.1, 0.15) is 0 Å². The number of rotatable bonds is 1. The molecule has 0 atom stereocenters. The van der Waals surface area contributed by atoms with Crippen molar-refractivity contribution in [1.29, 1.82) is 0 Å². The van der Waals surface area contributed by atoms with Gasteiger partial charge in [0.2, 0.25) is 0 Å². The fourth-order valence-electron chi connectivity index (χ4n) is 2.71. The predicted octanol–water partition coefficient (Wildman–Crippen LogP) is 2.56. The van der Waals surface area contributed by atoms with Crippen molar-refractivity contribution in [1.82, 2.24) is 4.98 Å². The van der Waals surface area contributed by atoms with Crippen molar-refractivity contribution in [2.45, 2.75) is 44.3 Å². The minimum absolute atomic E-state index is 0.0331. The molecule has 2 saturated heterocycles. The van der Waals surface area contributed by atoms with Gasteiger partial charge in [0.15, 0.2) is 0 Å². The number of nitrogens with zero attached hydrogens (tertiary/aromatic N) is 1. The molecule has 2 aliphatic heterocycles. The lowest BCUT2D eigenvalue weighted by Gasteiger charge is -2.24. The normalized spacial score (nSPS) is 35.1. The molecule has 0 aliphatic carbocycles. The van der Waals surface area contributed by atoms with E-state index in [0.717, 1.165) is 5.69 Å². The van der Waals surface area contributed by atoms with Crippen molar-refractivity contribution >= 4 is 0 Å². The number of fused-ring (bicyclic) bond motifs is 2. The number of hydrogen-bond acceptors (Lipinski definition) is 2. The summed E-state index contributed by atoms with van der Waals surface area (Å²) in [5, 5.41) is 0. The van der Waals surface area contributed by atoms with Crippen LogP contribution in [-0.2, 0) is 10.3 Å². The molecule has 14 heavy (non-hydrogen) atoms.